The Morgan fingerprint density at radius 1 is 1.20 bits per heavy atom. The van der Waals surface area contributed by atoms with Gasteiger partial charge in [-0.15, -0.1) is 0 Å². The van der Waals surface area contributed by atoms with Crippen molar-refractivity contribution >= 4 is 5.97 Å². The lowest BCUT2D eigenvalue weighted by atomic mass is 9.98. The molecular weight excluding hydrogens is 314 g/mol. The summed E-state index contributed by atoms with van der Waals surface area (Å²) in [5.41, 5.74) is 4.07. The van der Waals surface area contributed by atoms with Crippen LogP contribution in [0.2, 0.25) is 0 Å². The van der Waals surface area contributed by atoms with Crippen molar-refractivity contribution < 1.29 is 14.6 Å². The largest absolute Gasteiger partial charge is 0.496 e. The van der Waals surface area contributed by atoms with E-state index in [1.165, 1.54) is 23.1 Å². The van der Waals surface area contributed by atoms with E-state index >= 15 is 0 Å². The van der Waals surface area contributed by atoms with Gasteiger partial charge in [0.2, 0.25) is 0 Å². The Bertz CT molecular complexity index is 739. The molecule has 1 saturated heterocycles. The van der Waals surface area contributed by atoms with Crippen LogP contribution in [0.15, 0.2) is 42.5 Å². The number of carboxylic acid groups (broad SMARTS) is 1. The molecule has 4 nitrogen and oxygen atoms in total. The van der Waals surface area contributed by atoms with Gasteiger partial charge in [-0.3, -0.25) is 4.90 Å². The second-order valence-electron chi connectivity index (χ2n) is 6.90. The number of ether oxygens (including phenoxy) is 1. The molecule has 2 aromatic rings. The van der Waals surface area contributed by atoms with Crippen LogP contribution in [-0.2, 0) is 13.0 Å². The number of nitrogens with zero attached hydrogens (tertiary/aromatic N) is 1. The van der Waals surface area contributed by atoms with E-state index in [1.54, 1.807) is 19.2 Å². The lowest BCUT2D eigenvalue weighted by Crippen LogP contribution is -2.20. The number of aryl methyl sites for hydroxylation is 1. The third-order valence-electron chi connectivity index (χ3n) is 4.96. The fourth-order valence-corrected chi connectivity index (χ4v) is 3.64. The summed E-state index contributed by atoms with van der Waals surface area (Å²) in [5.74, 6) is 0.705. The fourth-order valence-electron chi connectivity index (χ4n) is 3.64. The highest BCUT2D eigenvalue weighted by Crippen LogP contribution is 2.24. The average Bonchev–Trinajstić information content (AvgIpc) is 3.02. The van der Waals surface area contributed by atoms with Crippen LogP contribution in [0, 0.1) is 12.8 Å². The number of benzene rings is 2. The highest BCUT2D eigenvalue weighted by Gasteiger charge is 2.22. The molecule has 25 heavy (non-hydrogen) atoms. The maximum atomic E-state index is 10.9. The third kappa shape index (κ3) is 4.40. The first-order valence-electron chi connectivity index (χ1n) is 8.73. The molecule has 1 fully saturated rings. The maximum absolute atomic E-state index is 10.9. The van der Waals surface area contributed by atoms with E-state index in [2.05, 4.69) is 24.0 Å². The summed E-state index contributed by atoms with van der Waals surface area (Å²) in [6.07, 6.45) is 2.20. The molecule has 1 heterocycles. The molecule has 3 rings (SSSR count). The van der Waals surface area contributed by atoms with E-state index in [0.29, 0.717) is 11.5 Å². The molecular formula is C21H25NO3. The summed E-state index contributed by atoms with van der Waals surface area (Å²) >= 11 is 0. The van der Waals surface area contributed by atoms with Crippen molar-refractivity contribution in [2.75, 3.05) is 20.2 Å². The smallest absolute Gasteiger partial charge is 0.335 e. The molecule has 132 valence electrons. The summed E-state index contributed by atoms with van der Waals surface area (Å²) in [5, 5.41) is 8.97. The van der Waals surface area contributed by atoms with Gasteiger partial charge in [0.25, 0.3) is 0 Å². The molecule has 0 bridgehead atoms. The van der Waals surface area contributed by atoms with Crippen molar-refractivity contribution in [1.29, 1.82) is 0 Å². The van der Waals surface area contributed by atoms with E-state index in [0.717, 1.165) is 31.8 Å². The predicted molar refractivity (Wildman–Crippen MR) is 98.2 cm³/mol. The topological polar surface area (TPSA) is 49.8 Å². The Hall–Kier alpha value is -2.33. The van der Waals surface area contributed by atoms with Crippen molar-refractivity contribution in [1.82, 2.24) is 4.90 Å². The first-order chi connectivity index (χ1) is 12.0. The molecule has 0 spiro atoms. The van der Waals surface area contributed by atoms with Crippen LogP contribution in [0.25, 0.3) is 0 Å². The summed E-state index contributed by atoms with van der Waals surface area (Å²) in [4.78, 5) is 13.4. The number of aromatic carboxylic acids is 1. The van der Waals surface area contributed by atoms with Gasteiger partial charge in [0.1, 0.15) is 5.75 Å². The van der Waals surface area contributed by atoms with E-state index in [1.807, 2.05) is 18.2 Å². The minimum atomic E-state index is -0.867. The van der Waals surface area contributed by atoms with Gasteiger partial charge in [0, 0.05) is 13.1 Å². The third-order valence-corrected chi connectivity index (χ3v) is 4.96. The number of rotatable bonds is 6. The summed E-state index contributed by atoms with van der Waals surface area (Å²) in [6.45, 7) is 5.25. The fraction of sp³-hybridized carbons (Fsp3) is 0.381. The lowest BCUT2D eigenvalue weighted by Gasteiger charge is -2.17. The average molecular weight is 339 g/mol. The van der Waals surface area contributed by atoms with Gasteiger partial charge in [-0.2, -0.15) is 0 Å². The molecule has 1 aliphatic rings. The van der Waals surface area contributed by atoms with E-state index in [4.69, 9.17) is 9.84 Å². The zero-order chi connectivity index (χ0) is 17.8. The van der Waals surface area contributed by atoms with Crippen molar-refractivity contribution in [3.05, 3.63) is 64.7 Å². The highest BCUT2D eigenvalue weighted by molar-refractivity contribution is 5.87. The quantitative estimate of drug-likeness (QED) is 0.870. The van der Waals surface area contributed by atoms with Crippen LogP contribution in [0.4, 0.5) is 0 Å². The Labute approximate surface area is 149 Å². The predicted octanol–water partition coefficient (Wildman–Crippen LogP) is 3.77. The number of likely N-dealkylation sites (tertiary alicyclic amines) is 1. The molecule has 2 aromatic carbocycles. The van der Waals surface area contributed by atoms with Crippen LogP contribution in [0.1, 0.15) is 33.5 Å². The highest BCUT2D eigenvalue weighted by atomic mass is 16.5. The number of hydrogen-bond donors (Lipinski definition) is 1. The van der Waals surface area contributed by atoms with Crippen LogP contribution >= 0.6 is 0 Å². The molecule has 1 aliphatic heterocycles. The first-order valence-corrected chi connectivity index (χ1v) is 8.73. The second-order valence-corrected chi connectivity index (χ2v) is 6.90. The minimum Gasteiger partial charge on any atom is -0.496 e. The Kier molecular flexibility index (Phi) is 5.39. The molecule has 4 heteroatoms. The summed E-state index contributed by atoms with van der Waals surface area (Å²) in [7, 11) is 1.70. The van der Waals surface area contributed by atoms with Gasteiger partial charge in [0.05, 0.1) is 12.7 Å². The molecule has 1 unspecified atom stereocenters. The summed E-state index contributed by atoms with van der Waals surface area (Å²) < 4.78 is 5.33. The molecule has 0 radical (unpaired) electrons. The number of carbonyl (C=O) groups is 1. The molecule has 0 aliphatic carbocycles. The van der Waals surface area contributed by atoms with Gasteiger partial charge in [-0.1, -0.05) is 24.3 Å². The van der Waals surface area contributed by atoms with Crippen LogP contribution in [0.3, 0.4) is 0 Å². The van der Waals surface area contributed by atoms with Crippen molar-refractivity contribution in [3.63, 3.8) is 0 Å². The van der Waals surface area contributed by atoms with E-state index in [-0.39, 0.29) is 0 Å². The lowest BCUT2D eigenvalue weighted by molar-refractivity contribution is 0.0697. The van der Waals surface area contributed by atoms with Crippen LogP contribution in [0.5, 0.6) is 5.75 Å². The number of hydrogen-bond acceptors (Lipinski definition) is 3. The minimum absolute atomic E-state index is 0.353. The Balaban J connectivity index is 1.54. The first kappa shape index (κ1) is 17.5. The van der Waals surface area contributed by atoms with Gasteiger partial charge >= 0.3 is 5.97 Å². The zero-order valence-corrected chi connectivity index (χ0v) is 14.9. The van der Waals surface area contributed by atoms with Crippen LogP contribution in [-0.4, -0.2) is 36.2 Å². The normalized spacial score (nSPS) is 17.6. The number of methoxy groups -OCH3 is 1. The Morgan fingerprint density at radius 3 is 2.56 bits per heavy atom. The molecule has 1 atom stereocenters. The molecule has 1 N–H and O–H groups in total. The monoisotopic (exact) mass is 339 g/mol. The van der Waals surface area contributed by atoms with Gasteiger partial charge in [-0.05, 0) is 67.1 Å². The van der Waals surface area contributed by atoms with E-state index in [9.17, 15) is 4.79 Å². The van der Waals surface area contributed by atoms with Crippen LogP contribution < -0.4 is 4.74 Å². The van der Waals surface area contributed by atoms with Gasteiger partial charge in [0.15, 0.2) is 0 Å². The van der Waals surface area contributed by atoms with Crippen molar-refractivity contribution in [3.8, 4) is 5.75 Å². The molecule has 0 saturated carbocycles. The second kappa shape index (κ2) is 7.70. The maximum Gasteiger partial charge on any atom is 0.335 e. The zero-order valence-electron chi connectivity index (χ0n) is 14.9. The van der Waals surface area contributed by atoms with E-state index < -0.39 is 5.97 Å². The molecule has 0 amide bonds. The number of carboxylic acids is 1. The Morgan fingerprint density at radius 2 is 1.92 bits per heavy atom. The van der Waals surface area contributed by atoms with Crippen molar-refractivity contribution in [2.45, 2.75) is 26.3 Å². The summed E-state index contributed by atoms with van der Waals surface area (Å²) in [6, 6.07) is 13.7. The molecule has 0 aromatic heterocycles. The standard InChI is InChI=1S/C21H25NO3/c1-15-11-17(5-8-20(15)25-2)13-22-10-9-18(14-22)12-16-3-6-19(7-4-16)21(23)24/h3-8,11,18H,9-10,12-14H2,1-2H3,(H,23,24). The SMILES string of the molecule is COc1ccc(CN2CCC(Cc3ccc(C(=O)O)cc3)C2)cc1C. The van der Waals surface area contributed by atoms with Gasteiger partial charge in [-0.25, -0.2) is 4.79 Å². The van der Waals surface area contributed by atoms with Gasteiger partial charge < -0.3 is 9.84 Å². The van der Waals surface area contributed by atoms with Crippen molar-refractivity contribution in [2.24, 2.45) is 5.92 Å².